The first-order valence-corrected chi connectivity index (χ1v) is 14.5. The molecule has 12 heteroatoms. The summed E-state index contributed by atoms with van der Waals surface area (Å²) < 4.78 is 17.0. The maximum absolute atomic E-state index is 13.5. The Hall–Kier alpha value is -3.90. The smallest absolute Gasteiger partial charge is 0.416 e. The minimum atomic E-state index is -0.732. The third-order valence-electron chi connectivity index (χ3n) is 6.84. The van der Waals surface area contributed by atoms with Gasteiger partial charge in [0.15, 0.2) is 0 Å². The molecule has 1 aromatic heterocycles. The van der Waals surface area contributed by atoms with E-state index in [0.29, 0.717) is 62.8 Å². The fraction of sp³-hybridized carbons (Fsp3) is 0.533. The summed E-state index contributed by atoms with van der Waals surface area (Å²) in [5, 5.41) is 6.58. The highest BCUT2D eigenvalue weighted by Crippen LogP contribution is 2.34. The molecule has 3 amide bonds. The molecule has 0 aliphatic carbocycles. The van der Waals surface area contributed by atoms with Crippen LogP contribution >= 0.6 is 0 Å². The summed E-state index contributed by atoms with van der Waals surface area (Å²) >= 11 is 0. The maximum Gasteiger partial charge on any atom is 0.416 e. The number of aromatic nitrogens is 1. The van der Waals surface area contributed by atoms with Crippen molar-refractivity contribution >= 4 is 35.1 Å². The van der Waals surface area contributed by atoms with E-state index in [0.717, 1.165) is 19.4 Å². The summed E-state index contributed by atoms with van der Waals surface area (Å²) in [5.74, 6) is -0.500. The van der Waals surface area contributed by atoms with Crippen LogP contribution in [0.2, 0.25) is 0 Å². The fourth-order valence-corrected chi connectivity index (χ4v) is 4.87. The molecular weight excluding hydrogens is 540 g/mol. The molecule has 2 saturated heterocycles. The van der Waals surface area contributed by atoms with Gasteiger partial charge in [-0.05, 0) is 70.8 Å². The second-order valence-corrected chi connectivity index (χ2v) is 11.4. The first-order valence-electron chi connectivity index (χ1n) is 14.5. The van der Waals surface area contributed by atoms with Gasteiger partial charge in [-0.25, -0.2) is 4.79 Å². The maximum atomic E-state index is 13.5. The number of morpholine rings is 1. The zero-order valence-electron chi connectivity index (χ0n) is 24.9. The number of carbonyl (C=O) groups is 3. The number of piperidine rings is 1. The number of anilines is 3. The van der Waals surface area contributed by atoms with Crippen LogP contribution in [0.25, 0.3) is 0 Å². The third-order valence-corrected chi connectivity index (χ3v) is 6.84. The Labute approximate surface area is 246 Å². The SMILES string of the molecule is CCCOc1nc(N(C(=O)OC(C)(C)C)[C@@H]2CCCNC2)cc(Nc2ccc(C(=O)N3CCOCC3)cc2)c1C(N)=O. The second kappa shape index (κ2) is 13.8. The van der Waals surface area contributed by atoms with Crippen LogP contribution in [0.1, 0.15) is 67.7 Å². The number of amides is 3. The largest absolute Gasteiger partial charge is 0.477 e. The lowest BCUT2D eigenvalue weighted by molar-refractivity contribution is 0.0303. The van der Waals surface area contributed by atoms with Crippen molar-refractivity contribution in [3.63, 3.8) is 0 Å². The predicted molar refractivity (Wildman–Crippen MR) is 160 cm³/mol. The van der Waals surface area contributed by atoms with Gasteiger partial charge in [-0.1, -0.05) is 6.92 Å². The lowest BCUT2D eigenvalue weighted by Gasteiger charge is -2.35. The highest BCUT2D eigenvalue weighted by atomic mass is 16.6. The summed E-state index contributed by atoms with van der Waals surface area (Å²) in [6.45, 7) is 11.2. The number of ether oxygens (including phenoxy) is 3. The van der Waals surface area contributed by atoms with Gasteiger partial charge in [0.1, 0.15) is 17.0 Å². The lowest BCUT2D eigenvalue weighted by atomic mass is 10.1. The number of nitrogens with zero attached hydrogens (tertiary/aromatic N) is 3. The molecule has 1 aromatic carbocycles. The van der Waals surface area contributed by atoms with Crippen LogP contribution in [0.4, 0.5) is 22.0 Å². The molecule has 3 heterocycles. The van der Waals surface area contributed by atoms with Crippen LogP contribution < -0.4 is 26.0 Å². The number of hydrogen-bond donors (Lipinski definition) is 3. The van der Waals surface area contributed by atoms with Gasteiger partial charge in [0.05, 0.1) is 31.5 Å². The Balaban J connectivity index is 1.72. The number of hydrogen-bond acceptors (Lipinski definition) is 9. The molecule has 4 N–H and O–H groups in total. The summed E-state index contributed by atoms with van der Waals surface area (Å²) in [6.07, 6.45) is 1.75. The first-order chi connectivity index (χ1) is 20.1. The highest BCUT2D eigenvalue weighted by Gasteiger charge is 2.33. The zero-order valence-corrected chi connectivity index (χ0v) is 24.9. The van der Waals surface area contributed by atoms with Gasteiger partial charge in [-0.15, -0.1) is 0 Å². The molecule has 1 atom stereocenters. The van der Waals surface area contributed by atoms with E-state index < -0.39 is 17.6 Å². The molecular formula is C30H42N6O6. The van der Waals surface area contributed by atoms with E-state index in [2.05, 4.69) is 15.6 Å². The molecule has 228 valence electrons. The average Bonchev–Trinajstić information content (AvgIpc) is 2.96. The van der Waals surface area contributed by atoms with Crippen molar-refractivity contribution in [3.8, 4) is 5.88 Å². The fourth-order valence-electron chi connectivity index (χ4n) is 4.87. The molecule has 2 aliphatic heterocycles. The number of benzene rings is 1. The van der Waals surface area contributed by atoms with Crippen LogP contribution in [0, 0.1) is 0 Å². The number of nitrogens with two attached hydrogens (primary N) is 1. The van der Waals surface area contributed by atoms with Gasteiger partial charge in [0.25, 0.3) is 11.8 Å². The highest BCUT2D eigenvalue weighted by molar-refractivity contribution is 6.03. The molecule has 2 aliphatic rings. The van der Waals surface area contributed by atoms with Gasteiger partial charge >= 0.3 is 6.09 Å². The van der Waals surface area contributed by atoms with Gasteiger partial charge in [0.2, 0.25) is 5.88 Å². The van der Waals surface area contributed by atoms with Crippen molar-refractivity contribution in [1.82, 2.24) is 15.2 Å². The van der Waals surface area contributed by atoms with Crippen molar-refractivity contribution in [3.05, 3.63) is 41.5 Å². The molecule has 0 unspecified atom stereocenters. The topological polar surface area (TPSA) is 148 Å². The first kappa shape index (κ1) is 31.0. The summed E-state index contributed by atoms with van der Waals surface area (Å²) in [6, 6.07) is 8.34. The van der Waals surface area contributed by atoms with Gasteiger partial charge in [-0.3, -0.25) is 14.5 Å². The van der Waals surface area contributed by atoms with Gasteiger partial charge < -0.3 is 35.5 Å². The molecule has 0 radical (unpaired) electrons. The monoisotopic (exact) mass is 582 g/mol. The summed E-state index contributed by atoms with van der Waals surface area (Å²) in [7, 11) is 0. The molecule has 2 aromatic rings. The van der Waals surface area contributed by atoms with E-state index in [1.54, 1.807) is 35.2 Å². The normalized spacial score (nSPS) is 17.3. The number of nitrogens with one attached hydrogen (secondary N) is 2. The van der Waals surface area contributed by atoms with Crippen molar-refractivity contribution in [2.24, 2.45) is 5.73 Å². The predicted octanol–water partition coefficient (Wildman–Crippen LogP) is 3.68. The van der Waals surface area contributed by atoms with E-state index >= 15 is 0 Å². The Morgan fingerprint density at radius 3 is 2.50 bits per heavy atom. The van der Waals surface area contributed by atoms with Crippen LogP contribution in [0.3, 0.4) is 0 Å². The summed E-state index contributed by atoms with van der Waals surface area (Å²) in [4.78, 5) is 47.1. The van der Waals surface area contributed by atoms with Gasteiger partial charge in [0, 0.05) is 37.0 Å². The van der Waals surface area contributed by atoms with Gasteiger partial charge in [-0.2, -0.15) is 4.98 Å². The Morgan fingerprint density at radius 2 is 1.90 bits per heavy atom. The van der Waals surface area contributed by atoms with E-state index in [1.165, 1.54) is 4.90 Å². The number of rotatable bonds is 9. The van der Waals surface area contributed by atoms with Crippen LogP contribution in [0.5, 0.6) is 5.88 Å². The summed E-state index contributed by atoms with van der Waals surface area (Å²) in [5.41, 5.74) is 6.63. The van der Waals surface area contributed by atoms with E-state index in [1.807, 2.05) is 27.7 Å². The number of primary amides is 1. The minimum absolute atomic E-state index is 0.0285. The second-order valence-electron chi connectivity index (χ2n) is 11.4. The van der Waals surface area contributed by atoms with Crippen molar-refractivity contribution in [2.45, 2.75) is 58.6 Å². The Kier molecular flexibility index (Phi) is 10.2. The Bertz CT molecular complexity index is 1250. The van der Waals surface area contributed by atoms with Crippen molar-refractivity contribution < 1.29 is 28.6 Å². The minimum Gasteiger partial charge on any atom is -0.477 e. The quantitative estimate of drug-likeness (QED) is 0.403. The van der Waals surface area contributed by atoms with Crippen LogP contribution in [-0.4, -0.2) is 85.4 Å². The molecule has 0 bridgehead atoms. The third kappa shape index (κ3) is 7.89. The number of carbonyl (C=O) groups excluding carboxylic acids is 3. The lowest BCUT2D eigenvalue weighted by Crippen LogP contribution is -2.50. The molecule has 4 rings (SSSR count). The molecule has 12 nitrogen and oxygen atoms in total. The standard InChI is InChI=1S/C30H42N6O6/c1-5-15-41-27-25(26(31)37)23(33-21-10-8-20(9-11-21)28(38)35-13-16-40-17-14-35)18-24(34-27)36(22-7-6-12-32-19-22)29(39)42-30(2,3)4/h8-11,18,22,32H,5-7,12-17,19H2,1-4H3,(H2,31,37)(H,33,34)/t22-/m1/s1. The average molecular weight is 583 g/mol. The molecule has 0 spiro atoms. The van der Waals surface area contributed by atoms with E-state index in [4.69, 9.17) is 19.9 Å². The molecule has 42 heavy (non-hydrogen) atoms. The van der Waals surface area contributed by atoms with Crippen LogP contribution in [0.15, 0.2) is 30.3 Å². The number of pyridine rings is 1. The van der Waals surface area contributed by atoms with Crippen LogP contribution in [-0.2, 0) is 9.47 Å². The Morgan fingerprint density at radius 1 is 1.19 bits per heavy atom. The van der Waals surface area contributed by atoms with Crippen molar-refractivity contribution in [1.29, 1.82) is 0 Å². The van der Waals surface area contributed by atoms with E-state index in [9.17, 15) is 14.4 Å². The van der Waals surface area contributed by atoms with E-state index in [-0.39, 0.29) is 29.2 Å². The zero-order chi connectivity index (χ0) is 30.3. The molecule has 0 saturated carbocycles. The van der Waals surface area contributed by atoms with Crippen molar-refractivity contribution in [2.75, 3.05) is 56.2 Å². The molecule has 2 fully saturated rings.